The SMILES string of the molecule is CC/C=C\c1sc2c(N(Cc3cccs3)C(=O)OC(C)(C)C)snc2c1C#CSI. The van der Waals surface area contributed by atoms with Crippen LogP contribution in [-0.4, -0.2) is 16.1 Å². The van der Waals surface area contributed by atoms with E-state index in [2.05, 4.69) is 55.8 Å². The standard InChI is InChI=1S/C21H21IN2O2S4/c1-5-6-9-16-15(10-12-28-22)17-18(29-16)19(30-23-17)24(13-14-8-7-11-27-14)20(25)26-21(2,3)4/h6-9,11H,5,13H2,1-4H3/b9-6-. The zero-order valence-corrected chi connectivity index (χ0v) is 22.4. The summed E-state index contributed by atoms with van der Waals surface area (Å²) < 4.78 is 11.4. The number of allylic oxidation sites excluding steroid dienone is 1. The fourth-order valence-electron chi connectivity index (χ4n) is 2.60. The molecule has 0 saturated carbocycles. The van der Waals surface area contributed by atoms with Gasteiger partial charge in [-0.05, 0) is 70.4 Å². The van der Waals surface area contributed by atoms with Crippen LogP contribution in [0.15, 0.2) is 23.6 Å². The van der Waals surface area contributed by atoms with Crippen LogP contribution in [0.2, 0.25) is 0 Å². The number of carbonyl (C=O) groups is 1. The lowest BCUT2D eigenvalue weighted by Gasteiger charge is -2.26. The van der Waals surface area contributed by atoms with Gasteiger partial charge in [-0.1, -0.05) is 25.0 Å². The van der Waals surface area contributed by atoms with Crippen LogP contribution < -0.4 is 4.90 Å². The van der Waals surface area contributed by atoms with E-state index in [0.29, 0.717) is 6.54 Å². The molecule has 0 radical (unpaired) electrons. The van der Waals surface area contributed by atoms with Crippen molar-refractivity contribution < 1.29 is 9.53 Å². The molecule has 0 aliphatic carbocycles. The van der Waals surface area contributed by atoms with Gasteiger partial charge in [-0.3, -0.25) is 4.90 Å². The predicted molar refractivity (Wildman–Crippen MR) is 142 cm³/mol. The van der Waals surface area contributed by atoms with E-state index in [9.17, 15) is 4.79 Å². The van der Waals surface area contributed by atoms with E-state index in [1.165, 1.54) is 20.5 Å². The summed E-state index contributed by atoms with van der Waals surface area (Å²) in [5.41, 5.74) is 1.20. The second-order valence-electron chi connectivity index (χ2n) is 7.27. The molecule has 0 saturated heterocycles. The first kappa shape index (κ1) is 23.6. The number of ether oxygens (including phenoxy) is 1. The van der Waals surface area contributed by atoms with Crippen molar-refractivity contribution in [3.63, 3.8) is 0 Å². The molecule has 3 aromatic rings. The highest BCUT2D eigenvalue weighted by molar-refractivity contribution is 14.2. The fourth-order valence-corrected chi connectivity index (χ4v) is 5.91. The predicted octanol–water partition coefficient (Wildman–Crippen LogP) is 8.18. The highest BCUT2D eigenvalue weighted by Crippen LogP contribution is 2.42. The minimum Gasteiger partial charge on any atom is -0.443 e. The number of hydrogen-bond donors (Lipinski definition) is 0. The van der Waals surface area contributed by atoms with Gasteiger partial charge in [-0.15, -0.1) is 22.7 Å². The first-order chi connectivity index (χ1) is 14.3. The van der Waals surface area contributed by atoms with Crippen molar-refractivity contribution in [2.75, 3.05) is 4.90 Å². The van der Waals surface area contributed by atoms with E-state index in [1.807, 2.05) is 38.3 Å². The van der Waals surface area contributed by atoms with Crippen molar-refractivity contribution in [2.45, 2.75) is 46.3 Å². The van der Waals surface area contributed by atoms with Crippen LogP contribution >= 0.6 is 64.3 Å². The Balaban J connectivity index is 2.10. The topological polar surface area (TPSA) is 42.4 Å². The third kappa shape index (κ3) is 5.79. The zero-order valence-electron chi connectivity index (χ0n) is 17.0. The van der Waals surface area contributed by atoms with Crippen molar-refractivity contribution >= 4 is 91.7 Å². The number of aromatic nitrogens is 1. The molecule has 0 atom stereocenters. The Morgan fingerprint density at radius 3 is 2.87 bits per heavy atom. The fraction of sp³-hybridized carbons (Fsp3) is 0.333. The average Bonchev–Trinajstić information content (AvgIpc) is 3.39. The van der Waals surface area contributed by atoms with E-state index in [-0.39, 0.29) is 6.09 Å². The monoisotopic (exact) mass is 588 g/mol. The molecule has 1 amide bonds. The van der Waals surface area contributed by atoms with E-state index in [4.69, 9.17) is 4.74 Å². The van der Waals surface area contributed by atoms with Crippen molar-refractivity contribution in [1.29, 1.82) is 0 Å². The van der Waals surface area contributed by atoms with Crippen LogP contribution in [0.25, 0.3) is 16.3 Å². The lowest BCUT2D eigenvalue weighted by molar-refractivity contribution is 0.0579. The molecule has 0 N–H and O–H groups in total. The number of carbonyl (C=O) groups excluding carboxylic acids is 1. The minimum atomic E-state index is -0.576. The molecule has 3 heterocycles. The Morgan fingerprint density at radius 2 is 2.23 bits per heavy atom. The molecule has 0 aliphatic rings. The van der Waals surface area contributed by atoms with Gasteiger partial charge in [-0.25, -0.2) is 4.79 Å². The summed E-state index contributed by atoms with van der Waals surface area (Å²) in [5.74, 6) is 3.24. The van der Waals surface area contributed by atoms with Crippen LogP contribution in [0.1, 0.15) is 49.4 Å². The second kappa shape index (κ2) is 10.5. The van der Waals surface area contributed by atoms with Gasteiger partial charge in [0.05, 0.1) is 16.8 Å². The van der Waals surface area contributed by atoms with Gasteiger partial charge in [0.15, 0.2) is 0 Å². The van der Waals surface area contributed by atoms with Crippen molar-refractivity contribution in [3.8, 4) is 11.2 Å². The number of halogens is 1. The van der Waals surface area contributed by atoms with Crippen LogP contribution in [-0.2, 0) is 11.3 Å². The molecular formula is C21H21IN2O2S4. The van der Waals surface area contributed by atoms with Crippen LogP contribution in [0.5, 0.6) is 0 Å². The van der Waals surface area contributed by atoms with Gasteiger partial charge in [-0.2, -0.15) is 4.37 Å². The van der Waals surface area contributed by atoms with Gasteiger partial charge >= 0.3 is 6.09 Å². The Kier molecular flexibility index (Phi) is 8.26. The Morgan fingerprint density at radius 1 is 1.43 bits per heavy atom. The summed E-state index contributed by atoms with van der Waals surface area (Å²) in [4.78, 5) is 17.0. The molecule has 30 heavy (non-hydrogen) atoms. The number of amides is 1. The maximum Gasteiger partial charge on any atom is 0.415 e. The van der Waals surface area contributed by atoms with Crippen molar-refractivity contribution in [2.24, 2.45) is 0 Å². The third-order valence-electron chi connectivity index (χ3n) is 3.80. The van der Waals surface area contributed by atoms with Gasteiger partial charge in [0.2, 0.25) is 0 Å². The van der Waals surface area contributed by atoms with Crippen molar-refractivity contribution in [1.82, 2.24) is 4.37 Å². The Hall–Kier alpha value is -1.06. The Bertz CT molecular complexity index is 1100. The third-order valence-corrected chi connectivity index (χ3v) is 7.65. The van der Waals surface area contributed by atoms with E-state index < -0.39 is 5.60 Å². The summed E-state index contributed by atoms with van der Waals surface area (Å²) in [6.45, 7) is 8.19. The molecule has 3 rings (SSSR count). The smallest absolute Gasteiger partial charge is 0.415 e. The summed E-state index contributed by atoms with van der Waals surface area (Å²) in [7, 11) is 1.45. The van der Waals surface area contributed by atoms with E-state index in [1.54, 1.807) is 27.6 Å². The summed E-state index contributed by atoms with van der Waals surface area (Å²) in [5, 5.41) is 5.89. The molecule has 0 unspecified atom stereocenters. The average molecular weight is 589 g/mol. The van der Waals surface area contributed by atoms with Gasteiger partial charge < -0.3 is 4.74 Å². The van der Waals surface area contributed by atoms with Crippen LogP contribution in [0, 0.1) is 11.2 Å². The molecule has 0 aromatic carbocycles. The summed E-state index contributed by atoms with van der Waals surface area (Å²) >= 11 is 6.74. The van der Waals surface area contributed by atoms with Gasteiger partial charge in [0.25, 0.3) is 0 Å². The highest BCUT2D eigenvalue weighted by atomic mass is 127. The largest absolute Gasteiger partial charge is 0.443 e. The Labute approximate surface area is 205 Å². The molecule has 0 fully saturated rings. The molecule has 0 aliphatic heterocycles. The maximum atomic E-state index is 13.1. The molecule has 4 nitrogen and oxygen atoms in total. The zero-order chi connectivity index (χ0) is 21.7. The normalized spacial score (nSPS) is 11.6. The van der Waals surface area contributed by atoms with Crippen LogP contribution in [0.3, 0.4) is 0 Å². The van der Waals surface area contributed by atoms with Crippen molar-refractivity contribution in [3.05, 3.63) is 38.9 Å². The first-order valence-corrected chi connectivity index (χ1v) is 15.1. The lowest BCUT2D eigenvalue weighted by Crippen LogP contribution is -2.36. The second-order valence-corrected chi connectivity index (χ2v) is 11.8. The highest BCUT2D eigenvalue weighted by Gasteiger charge is 2.28. The molecule has 0 bridgehead atoms. The number of thiophene rings is 2. The molecule has 158 valence electrons. The van der Waals surface area contributed by atoms with Gasteiger partial charge in [0, 0.05) is 31.0 Å². The minimum absolute atomic E-state index is 0.365. The van der Waals surface area contributed by atoms with Crippen LogP contribution in [0.4, 0.5) is 9.80 Å². The summed E-state index contributed by atoms with van der Waals surface area (Å²) in [6.07, 6.45) is 4.80. The number of anilines is 1. The van der Waals surface area contributed by atoms with Gasteiger partial charge in [0.1, 0.15) is 16.1 Å². The number of fused-ring (bicyclic) bond motifs is 1. The number of rotatable bonds is 5. The number of hydrogen-bond acceptors (Lipinski definition) is 7. The first-order valence-electron chi connectivity index (χ1n) is 9.24. The maximum absolute atomic E-state index is 13.1. The summed E-state index contributed by atoms with van der Waals surface area (Å²) in [6, 6.07) is 4.02. The molecule has 3 aromatic heterocycles. The molecule has 9 heteroatoms. The quantitative estimate of drug-likeness (QED) is 0.223. The molecule has 0 spiro atoms. The lowest BCUT2D eigenvalue weighted by atomic mass is 10.2. The number of nitrogens with zero attached hydrogens (tertiary/aromatic N) is 2. The molecular weight excluding hydrogens is 567 g/mol. The van der Waals surface area contributed by atoms with E-state index >= 15 is 0 Å². The van der Waals surface area contributed by atoms with E-state index in [0.717, 1.165) is 37.0 Å².